The van der Waals surface area contributed by atoms with Crippen molar-refractivity contribution in [3.8, 4) is 5.69 Å². The number of hydrogen-bond donors (Lipinski definition) is 0. The molecule has 0 fully saturated rings. The van der Waals surface area contributed by atoms with E-state index < -0.39 is 29.3 Å². The van der Waals surface area contributed by atoms with Crippen molar-refractivity contribution in [2.75, 3.05) is 0 Å². The lowest BCUT2D eigenvalue weighted by atomic mass is 9.98. The number of hydrogen-bond acceptors (Lipinski definition) is 3. The van der Waals surface area contributed by atoms with Gasteiger partial charge in [-0.15, -0.1) is 0 Å². The summed E-state index contributed by atoms with van der Waals surface area (Å²) in [4.78, 5) is 41.0. The molecule has 2 heterocycles. The number of carbonyl (C=O) groups is 3. The molecule has 0 bridgehead atoms. The summed E-state index contributed by atoms with van der Waals surface area (Å²) in [5, 5.41) is 0.404. The Morgan fingerprint density at radius 2 is 1.57 bits per heavy atom. The van der Waals surface area contributed by atoms with E-state index >= 15 is 0 Å². The van der Waals surface area contributed by atoms with Crippen molar-refractivity contribution < 1.29 is 27.6 Å². The van der Waals surface area contributed by atoms with Gasteiger partial charge < -0.3 is 4.57 Å². The Balaban J connectivity index is 1.67. The van der Waals surface area contributed by atoms with Crippen LogP contribution in [0.3, 0.4) is 0 Å². The normalized spacial score (nSPS) is 13.2. The van der Waals surface area contributed by atoms with Gasteiger partial charge in [0.05, 0.1) is 33.9 Å². The molecule has 2 amide bonds. The van der Waals surface area contributed by atoms with Crippen LogP contribution in [0.25, 0.3) is 5.69 Å². The molecular formula is C30H21Cl2F3N2O3. The fourth-order valence-electron chi connectivity index (χ4n) is 4.99. The number of ketones is 1. The Bertz CT molecular complexity index is 1710. The highest BCUT2D eigenvalue weighted by Gasteiger charge is 2.37. The summed E-state index contributed by atoms with van der Waals surface area (Å²) in [6.45, 7) is 3.50. The number of fused-ring (bicyclic) bond motifs is 1. The van der Waals surface area contributed by atoms with Crippen LogP contribution in [0.1, 0.15) is 66.1 Å². The molecule has 40 heavy (non-hydrogen) atoms. The fourth-order valence-corrected chi connectivity index (χ4v) is 5.38. The van der Waals surface area contributed by atoms with Gasteiger partial charge in [0, 0.05) is 27.5 Å². The predicted octanol–water partition coefficient (Wildman–Crippen LogP) is 7.70. The number of alkyl halides is 3. The lowest BCUT2D eigenvalue weighted by Crippen LogP contribution is -2.30. The number of rotatable bonds is 6. The van der Waals surface area contributed by atoms with Crippen LogP contribution >= 0.6 is 23.2 Å². The van der Waals surface area contributed by atoms with E-state index in [1.54, 1.807) is 29.7 Å². The first-order valence-corrected chi connectivity index (χ1v) is 13.0. The molecule has 0 spiro atoms. The second-order valence-corrected chi connectivity index (χ2v) is 10.2. The van der Waals surface area contributed by atoms with Crippen molar-refractivity contribution >= 4 is 40.8 Å². The third-order valence-corrected chi connectivity index (χ3v) is 7.55. The third-order valence-electron chi connectivity index (χ3n) is 6.99. The largest absolute Gasteiger partial charge is 0.416 e. The number of amides is 2. The van der Waals surface area contributed by atoms with Crippen molar-refractivity contribution in [3.05, 3.63) is 122 Å². The van der Waals surface area contributed by atoms with Crippen molar-refractivity contribution in [1.29, 1.82) is 0 Å². The van der Waals surface area contributed by atoms with E-state index in [0.717, 1.165) is 22.6 Å². The second kappa shape index (κ2) is 10.3. The molecule has 10 heteroatoms. The average molecular weight is 585 g/mol. The first kappa shape index (κ1) is 27.7. The number of halogens is 5. The molecule has 4 aromatic rings. The zero-order chi connectivity index (χ0) is 28.9. The Morgan fingerprint density at radius 3 is 2.25 bits per heavy atom. The van der Waals surface area contributed by atoms with E-state index in [4.69, 9.17) is 23.2 Å². The van der Waals surface area contributed by atoms with E-state index in [2.05, 4.69) is 0 Å². The lowest BCUT2D eigenvalue weighted by molar-refractivity contribution is -0.137. The number of aromatic nitrogens is 1. The van der Waals surface area contributed by atoms with Crippen molar-refractivity contribution in [2.45, 2.75) is 33.0 Å². The number of aryl methyl sites for hydroxylation is 1. The first-order chi connectivity index (χ1) is 18.9. The smallest absolute Gasteiger partial charge is 0.315 e. The van der Waals surface area contributed by atoms with E-state index in [1.807, 2.05) is 6.92 Å². The maximum absolute atomic E-state index is 13.7. The minimum Gasteiger partial charge on any atom is -0.315 e. The molecule has 3 aromatic carbocycles. The van der Waals surface area contributed by atoms with E-state index in [-0.39, 0.29) is 39.5 Å². The van der Waals surface area contributed by atoms with Crippen LogP contribution in [-0.4, -0.2) is 27.1 Å². The minimum atomic E-state index is -4.70. The molecule has 0 saturated carbocycles. The fraction of sp³-hybridized carbons (Fsp3) is 0.167. The second-order valence-electron chi connectivity index (χ2n) is 9.36. The molecule has 5 nitrogen and oxygen atoms in total. The zero-order valence-electron chi connectivity index (χ0n) is 21.3. The average Bonchev–Trinajstić information content (AvgIpc) is 3.35. The van der Waals surface area contributed by atoms with Crippen LogP contribution in [-0.2, 0) is 19.1 Å². The van der Waals surface area contributed by atoms with Gasteiger partial charge in [0.25, 0.3) is 11.8 Å². The molecule has 1 aliphatic rings. The van der Waals surface area contributed by atoms with Gasteiger partial charge in [-0.3, -0.25) is 19.3 Å². The Kier molecular flexibility index (Phi) is 7.10. The SMILES string of the molecule is CCc1cc(CN2C(=O)c3ccc(Cl)cc3C2=O)n(-c2ccc(C(F)(F)F)cc2C(=O)c2ccccc2Cl)c1C. The summed E-state index contributed by atoms with van der Waals surface area (Å²) in [5.41, 5.74) is 1.33. The van der Waals surface area contributed by atoms with E-state index in [1.165, 1.54) is 36.4 Å². The highest BCUT2D eigenvalue weighted by Crippen LogP contribution is 2.35. The van der Waals surface area contributed by atoms with Crippen LogP contribution < -0.4 is 0 Å². The Morgan fingerprint density at radius 1 is 0.875 bits per heavy atom. The zero-order valence-corrected chi connectivity index (χ0v) is 22.8. The van der Waals surface area contributed by atoms with Gasteiger partial charge in [0.15, 0.2) is 5.78 Å². The van der Waals surface area contributed by atoms with Gasteiger partial charge >= 0.3 is 6.18 Å². The molecule has 0 atom stereocenters. The minimum absolute atomic E-state index is 0.0454. The maximum Gasteiger partial charge on any atom is 0.416 e. The number of nitrogens with zero attached hydrogens (tertiary/aromatic N) is 2. The highest BCUT2D eigenvalue weighted by atomic mass is 35.5. The topological polar surface area (TPSA) is 59.4 Å². The number of benzene rings is 3. The molecule has 1 aromatic heterocycles. The lowest BCUT2D eigenvalue weighted by Gasteiger charge is -2.20. The van der Waals surface area contributed by atoms with E-state index in [9.17, 15) is 27.6 Å². The van der Waals surface area contributed by atoms with Gasteiger partial charge in [-0.2, -0.15) is 13.2 Å². The summed E-state index contributed by atoms with van der Waals surface area (Å²) >= 11 is 12.3. The molecular weight excluding hydrogens is 564 g/mol. The molecule has 0 aliphatic carbocycles. The molecule has 0 saturated heterocycles. The summed E-state index contributed by atoms with van der Waals surface area (Å²) in [7, 11) is 0. The van der Waals surface area contributed by atoms with Gasteiger partial charge in [0.1, 0.15) is 0 Å². The van der Waals surface area contributed by atoms with Crippen LogP contribution in [0.2, 0.25) is 10.0 Å². The molecule has 5 rings (SSSR count). The summed E-state index contributed by atoms with van der Waals surface area (Å²) in [6.07, 6.45) is -4.13. The van der Waals surface area contributed by atoms with Gasteiger partial charge in [0.2, 0.25) is 0 Å². The van der Waals surface area contributed by atoms with Crippen molar-refractivity contribution in [3.63, 3.8) is 0 Å². The quantitative estimate of drug-likeness (QED) is 0.172. The number of imide groups is 1. The Hall–Kier alpha value is -3.88. The van der Waals surface area contributed by atoms with Crippen molar-refractivity contribution in [2.24, 2.45) is 0 Å². The van der Waals surface area contributed by atoms with Crippen molar-refractivity contribution in [1.82, 2.24) is 9.47 Å². The summed E-state index contributed by atoms with van der Waals surface area (Å²) in [6, 6.07) is 15.3. The first-order valence-electron chi connectivity index (χ1n) is 12.3. The third kappa shape index (κ3) is 4.71. The Labute approximate surface area is 237 Å². The predicted molar refractivity (Wildman–Crippen MR) is 145 cm³/mol. The van der Waals surface area contributed by atoms with E-state index in [0.29, 0.717) is 22.8 Å². The standard InChI is InChI=1S/C30H21Cl2F3N2O3/c1-3-17-12-20(15-36-28(39)21-10-9-19(31)14-23(21)29(36)40)37(16(17)2)26-11-8-18(30(33,34)35)13-24(26)27(38)22-6-4-5-7-25(22)32/h4-14H,3,15H2,1-2H3. The van der Waals surface area contributed by atoms with Gasteiger partial charge in [-0.05, 0) is 73.5 Å². The molecule has 204 valence electrons. The van der Waals surface area contributed by atoms with Crippen LogP contribution in [0.4, 0.5) is 13.2 Å². The monoisotopic (exact) mass is 584 g/mol. The molecule has 0 N–H and O–H groups in total. The van der Waals surface area contributed by atoms with Crippen LogP contribution in [0.5, 0.6) is 0 Å². The molecule has 0 radical (unpaired) electrons. The summed E-state index contributed by atoms with van der Waals surface area (Å²) in [5.74, 6) is -1.75. The maximum atomic E-state index is 13.7. The van der Waals surface area contributed by atoms with Crippen LogP contribution in [0, 0.1) is 6.92 Å². The van der Waals surface area contributed by atoms with Crippen LogP contribution in [0.15, 0.2) is 66.7 Å². The van der Waals surface area contributed by atoms with Gasteiger partial charge in [-0.1, -0.05) is 42.3 Å². The molecule has 0 unspecified atom stereocenters. The highest BCUT2D eigenvalue weighted by molar-refractivity contribution is 6.35. The van der Waals surface area contributed by atoms with Gasteiger partial charge in [-0.25, -0.2) is 0 Å². The number of carbonyl (C=O) groups excluding carboxylic acids is 3. The summed E-state index contributed by atoms with van der Waals surface area (Å²) < 4.78 is 42.9. The molecule has 1 aliphatic heterocycles.